The summed E-state index contributed by atoms with van der Waals surface area (Å²) in [5.74, 6) is -0.476. The van der Waals surface area contributed by atoms with Gasteiger partial charge in [-0.05, 0) is 37.3 Å². The molecule has 0 bridgehead atoms. The maximum Gasteiger partial charge on any atom is 0.409 e. The second-order valence-corrected chi connectivity index (χ2v) is 8.24. The number of likely N-dealkylation sites (tertiary alicyclic amines) is 1. The smallest absolute Gasteiger partial charge is 0.409 e. The Bertz CT molecular complexity index is 1110. The average Bonchev–Trinajstić information content (AvgIpc) is 3.05. The van der Waals surface area contributed by atoms with Gasteiger partial charge in [0.1, 0.15) is 11.4 Å². The number of benzene rings is 2. The predicted molar refractivity (Wildman–Crippen MR) is 114 cm³/mol. The SMILES string of the molecule is CCOC(=O)N1CCC2(CC1)CC(=O)c1cc(N3C(=O)c4ccccc4C3=O)ccc1O2. The molecule has 0 unspecified atom stereocenters. The van der Waals surface area contributed by atoms with Crippen LogP contribution in [0.15, 0.2) is 42.5 Å². The first-order valence-corrected chi connectivity index (χ1v) is 10.7. The molecule has 1 fully saturated rings. The molecule has 0 N–H and O–H groups in total. The number of hydrogen-bond donors (Lipinski definition) is 0. The van der Waals surface area contributed by atoms with Gasteiger partial charge in [0.25, 0.3) is 11.8 Å². The third-order valence-electron chi connectivity index (χ3n) is 6.33. The van der Waals surface area contributed by atoms with Gasteiger partial charge in [-0.3, -0.25) is 14.4 Å². The Morgan fingerprint density at radius 1 is 1.00 bits per heavy atom. The lowest BCUT2D eigenvalue weighted by Gasteiger charge is -2.43. The minimum absolute atomic E-state index is 0.103. The first kappa shape index (κ1) is 20.2. The molecule has 3 aliphatic rings. The van der Waals surface area contributed by atoms with E-state index in [9.17, 15) is 19.2 Å². The standard InChI is InChI=1S/C24H22N2O6/c1-2-31-23(30)25-11-9-24(10-12-25)14-19(27)18-13-15(7-8-20(18)32-24)26-21(28)16-5-3-4-6-17(16)22(26)29/h3-8,13H,2,9-12,14H2,1H3. The number of hydrogen-bond acceptors (Lipinski definition) is 6. The van der Waals surface area contributed by atoms with E-state index in [-0.39, 0.29) is 18.3 Å². The van der Waals surface area contributed by atoms with E-state index < -0.39 is 17.4 Å². The van der Waals surface area contributed by atoms with Crippen LogP contribution in [0.1, 0.15) is 57.3 Å². The molecule has 5 rings (SSSR count). The molecule has 3 heterocycles. The highest BCUT2D eigenvalue weighted by molar-refractivity contribution is 6.34. The van der Waals surface area contributed by atoms with Gasteiger partial charge in [0.2, 0.25) is 0 Å². The molecule has 1 saturated heterocycles. The van der Waals surface area contributed by atoms with Crippen LogP contribution in [0.4, 0.5) is 10.5 Å². The summed E-state index contributed by atoms with van der Waals surface area (Å²) in [5, 5.41) is 0. The van der Waals surface area contributed by atoms with E-state index in [0.29, 0.717) is 60.7 Å². The number of rotatable bonds is 2. The van der Waals surface area contributed by atoms with E-state index in [2.05, 4.69) is 0 Å². The largest absolute Gasteiger partial charge is 0.486 e. The summed E-state index contributed by atoms with van der Waals surface area (Å²) in [6, 6.07) is 11.5. The maximum atomic E-state index is 13.1. The number of amides is 3. The summed E-state index contributed by atoms with van der Waals surface area (Å²) in [6.45, 7) is 2.99. The number of ketones is 1. The first-order valence-electron chi connectivity index (χ1n) is 10.7. The van der Waals surface area contributed by atoms with Gasteiger partial charge in [-0.1, -0.05) is 12.1 Å². The number of fused-ring (bicyclic) bond motifs is 2. The van der Waals surface area contributed by atoms with Crippen molar-refractivity contribution in [3.63, 3.8) is 0 Å². The summed E-state index contributed by atoms with van der Waals surface area (Å²) in [5.41, 5.74) is 0.747. The van der Waals surface area contributed by atoms with Crippen LogP contribution in [0.3, 0.4) is 0 Å². The lowest BCUT2D eigenvalue weighted by molar-refractivity contribution is -0.00861. The molecule has 8 nitrogen and oxygen atoms in total. The quantitative estimate of drug-likeness (QED) is 0.673. The number of ether oxygens (including phenoxy) is 2. The molecule has 3 amide bonds. The van der Waals surface area contributed by atoms with E-state index in [1.54, 1.807) is 54.3 Å². The zero-order valence-corrected chi connectivity index (χ0v) is 17.6. The van der Waals surface area contributed by atoms with Crippen LogP contribution in [0.2, 0.25) is 0 Å². The minimum Gasteiger partial charge on any atom is -0.486 e. The van der Waals surface area contributed by atoms with Crippen LogP contribution in [0, 0.1) is 0 Å². The normalized spacial score (nSPS) is 19.0. The molecule has 0 aliphatic carbocycles. The highest BCUT2D eigenvalue weighted by Crippen LogP contribution is 2.41. The van der Waals surface area contributed by atoms with E-state index in [1.807, 2.05) is 0 Å². The lowest BCUT2D eigenvalue weighted by atomic mass is 9.82. The summed E-state index contributed by atoms with van der Waals surface area (Å²) in [6.07, 6.45) is 0.881. The Kier molecular flexibility index (Phi) is 4.73. The Morgan fingerprint density at radius 2 is 1.66 bits per heavy atom. The van der Waals surface area contributed by atoms with Crippen LogP contribution < -0.4 is 9.64 Å². The Morgan fingerprint density at radius 3 is 2.28 bits per heavy atom. The van der Waals surface area contributed by atoms with Crippen LogP contribution in [0.25, 0.3) is 0 Å². The highest BCUT2D eigenvalue weighted by atomic mass is 16.6. The molecule has 164 valence electrons. The molecule has 32 heavy (non-hydrogen) atoms. The molecule has 2 aromatic rings. The van der Waals surface area contributed by atoms with Crippen molar-refractivity contribution in [3.8, 4) is 5.75 Å². The van der Waals surface area contributed by atoms with Crippen LogP contribution in [0.5, 0.6) is 5.75 Å². The minimum atomic E-state index is -0.663. The number of carbonyl (C=O) groups is 4. The number of piperidine rings is 1. The van der Waals surface area contributed by atoms with Crippen molar-refractivity contribution in [1.82, 2.24) is 4.90 Å². The second kappa shape index (κ2) is 7.47. The Balaban J connectivity index is 1.37. The number of Topliss-reactive ketones (excluding diaryl/α,β-unsaturated/α-hetero) is 1. The Labute approximate surface area is 184 Å². The van der Waals surface area contributed by atoms with Gasteiger partial charge < -0.3 is 14.4 Å². The number of imide groups is 1. The molecular weight excluding hydrogens is 412 g/mol. The number of anilines is 1. The molecule has 0 radical (unpaired) electrons. The molecule has 3 aliphatic heterocycles. The van der Waals surface area contributed by atoms with Gasteiger partial charge >= 0.3 is 6.09 Å². The molecule has 0 atom stereocenters. The van der Waals surface area contributed by atoms with Gasteiger partial charge in [0, 0.05) is 25.9 Å². The third-order valence-corrected chi connectivity index (χ3v) is 6.33. The van der Waals surface area contributed by atoms with Crippen molar-refractivity contribution >= 4 is 29.4 Å². The van der Waals surface area contributed by atoms with Crippen LogP contribution >= 0.6 is 0 Å². The molecule has 8 heteroatoms. The van der Waals surface area contributed by atoms with Gasteiger partial charge in [0.15, 0.2) is 5.78 Å². The topological polar surface area (TPSA) is 93.2 Å². The van der Waals surface area contributed by atoms with E-state index in [4.69, 9.17) is 9.47 Å². The summed E-state index contributed by atoms with van der Waals surface area (Å²) >= 11 is 0. The highest BCUT2D eigenvalue weighted by Gasteiger charge is 2.44. The first-order chi connectivity index (χ1) is 15.4. The fourth-order valence-electron chi connectivity index (χ4n) is 4.64. The average molecular weight is 434 g/mol. The van der Waals surface area contributed by atoms with Crippen LogP contribution in [-0.2, 0) is 4.74 Å². The van der Waals surface area contributed by atoms with Crippen LogP contribution in [-0.4, -0.2) is 53.9 Å². The van der Waals surface area contributed by atoms with Crippen molar-refractivity contribution in [3.05, 3.63) is 59.2 Å². The van der Waals surface area contributed by atoms with Crippen molar-refractivity contribution < 1.29 is 28.7 Å². The van der Waals surface area contributed by atoms with Crippen molar-refractivity contribution in [2.45, 2.75) is 31.8 Å². The van der Waals surface area contributed by atoms with Gasteiger partial charge in [0.05, 0.1) is 35.4 Å². The summed E-state index contributed by atoms with van der Waals surface area (Å²) in [7, 11) is 0. The fourth-order valence-corrected chi connectivity index (χ4v) is 4.64. The number of nitrogens with zero attached hydrogens (tertiary/aromatic N) is 2. The van der Waals surface area contributed by atoms with E-state index in [1.165, 1.54) is 0 Å². The molecule has 0 aromatic heterocycles. The van der Waals surface area contributed by atoms with E-state index >= 15 is 0 Å². The summed E-state index contributed by atoms with van der Waals surface area (Å²) in [4.78, 5) is 53.3. The Hall–Kier alpha value is -3.68. The van der Waals surface area contributed by atoms with Crippen molar-refractivity contribution in [2.75, 3.05) is 24.6 Å². The maximum absolute atomic E-state index is 13.1. The second-order valence-electron chi connectivity index (χ2n) is 8.24. The molecule has 2 aromatic carbocycles. The van der Waals surface area contributed by atoms with Crippen molar-refractivity contribution in [2.24, 2.45) is 0 Å². The molecule has 0 saturated carbocycles. The zero-order chi connectivity index (χ0) is 22.5. The third kappa shape index (κ3) is 3.14. The predicted octanol–water partition coefficient (Wildman–Crippen LogP) is 3.44. The molecular formula is C24H22N2O6. The zero-order valence-electron chi connectivity index (χ0n) is 17.6. The van der Waals surface area contributed by atoms with Gasteiger partial charge in [-0.2, -0.15) is 0 Å². The van der Waals surface area contributed by atoms with E-state index in [0.717, 1.165) is 4.90 Å². The molecule has 1 spiro atoms. The fraction of sp³-hybridized carbons (Fsp3) is 0.333. The lowest BCUT2D eigenvalue weighted by Crippen LogP contribution is -2.52. The van der Waals surface area contributed by atoms with Gasteiger partial charge in [-0.15, -0.1) is 0 Å². The van der Waals surface area contributed by atoms with Crippen molar-refractivity contribution in [1.29, 1.82) is 0 Å². The monoisotopic (exact) mass is 434 g/mol. The summed E-state index contributed by atoms with van der Waals surface area (Å²) < 4.78 is 11.3. The van der Waals surface area contributed by atoms with Gasteiger partial charge in [-0.25, -0.2) is 9.69 Å². The number of carbonyl (C=O) groups excluding carboxylic acids is 4.